The predicted octanol–water partition coefficient (Wildman–Crippen LogP) is -0.468. The van der Waals surface area contributed by atoms with Crippen LogP contribution in [0.5, 0.6) is 0 Å². The van der Waals surface area contributed by atoms with Crippen molar-refractivity contribution < 1.29 is 29.0 Å². The number of alkyl halides is 1. The molecular weight excluding hydrogens is 544 g/mol. The molecule has 1 aromatic carbocycles. The molecule has 3 unspecified atom stereocenters. The van der Waals surface area contributed by atoms with Gasteiger partial charge in [0.15, 0.2) is 0 Å². The fraction of sp³-hybridized carbons (Fsp3) is 0.654. The number of fused-ring (bicyclic) bond motifs is 1. The zero-order valence-electron chi connectivity index (χ0n) is 21.0. The lowest BCUT2D eigenvalue weighted by atomic mass is 9.70. The van der Waals surface area contributed by atoms with Crippen LogP contribution in [0.3, 0.4) is 0 Å². The second kappa shape index (κ2) is 11.0. The van der Waals surface area contributed by atoms with Crippen molar-refractivity contribution in [1.29, 1.82) is 0 Å². The van der Waals surface area contributed by atoms with Crippen LogP contribution in [0.1, 0.15) is 12.0 Å². The summed E-state index contributed by atoms with van der Waals surface area (Å²) in [5.74, 6) is -2.38. The van der Waals surface area contributed by atoms with E-state index in [1.165, 1.54) is 4.90 Å². The highest BCUT2D eigenvalue weighted by atomic mass is 79.9. The van der Waals surface area contributed by atoms with Crippen molar-refractivity contribution in [3.05, 3.63) is 35.9 Å². The maximum atomic E-state index is 14.1. The Balaban J connectivity index is 1.44. The molecule has 2 bridgehead atoms. The molecule has 202 valence electrons. The number of carbonyl (C=O) groups is 3. The lowest BCUT2D eigenvalue weighted by Gasteiger charge is -2.37. The van der Waals surface area contributed by atoms with Crippen LogP contribution in [0.2, 0.25) is 0 Å². The van der Waals surface area contributed by atoms with E-state index in [-0.39, 0.29) is 29.2 Å². The molecule has 4 saturated heterocycles. The van der Waals surface area contributed by atoms with E-state index in [4.69, 9.17) is 9.47 Å². The molecule has 3 N–H and O–H groups in total. The van der Waals surface area contributed by atoms with Crippen LogP contribution >= 0.6 is 15.9 Å². The molecule has 5 rings (SSSR count). The number of nitrogens with one attached hydrogen (secondary N) is 2. The van der Waals surface area contributed by atoms with Crippen LogP contribution < -0.4 is 10.6 Å². The molecule has 4 heterocycles. The maximum absolute atomic E-state index is 14.1. The number of benzene rings is 1. The van der Waals surface area contributed by atoms with Gasteiger partial charge in [-0.25, -0.2) is 0 Å². The number of rotatable bonds is 9. The molecule has 7 atom stereocenters. The lowest BCUT2D eigenvalue weighted by Crippen LogP contribution is -2.59. The fourth-order valence-electron chi connectivity index (χ4n) is 6.62. The van der Waals surface area contributed by atoms with Crippen molar-refractivity contribution in [2.45, 2.75) is 41.5 Å². The topological polar surface area (TPSA) is 120 Å². The molecule has 10 nitrogen and oxygen atoms in total. The Hall–Kier alpha value is -2.05. The number of nitrogens with zero attached hydrogens (tertiary/aromatic N) is 2. The van der Waals surface area contributed by atoms with E-state index in [0.717, 1.165) is 18.7 Å². The van der Waals surface area contributed by atoms with Gasteiger partial charge < -0.3 is 30.1 Å². The molecule has 4 fully saturated rings. The number of aliphatic hydroxyl groups is 1. The van der Waals surface area contributed by atoms with E-state index in [1.54, 1.807) is 7.05 Å². The third-order valence-corrected chi connectivity index (χ3v) is 9.12. The molecule has 4 aliphatic heterocycles. The normalized spacial score (nSPS) is 33.9. The van der Waals surface area contributed by atoms with Crippen LogP contribution in [0.15, 0.2) is 30.3 Å². The van der Waals surface area contributed by atoms with Gasteiger partial charge in [-0.15, -0.1) is 0 Å². The first kappa shape index (κ1) is 26.6. The summed E-state index contributed by atoms with van der Waals surface area (Å²) in [6.45, 7) is 3.74. The number of amides is 3. The Labute approximate surface area is 225 Å². The van der Waals surface area contributed by atoms with Crippen molar-refractivity contribution in [3.8, 4) is 0 Å². The molecule has 1 aromatic rings. The number of halogens is 1. The van der Waals surface area contributed by atoms with Gasteiger partial charge in [0, 0.05) is 38.1 Å². The zero-order chi connectivity index (χ0) is 26.2. The third-order valence-electron chi connectivity index (χ3n) is 8.27. The highest BCUT2D eigenvalue weighted by Crippen LogP contribution is 2.60. The number of hydrogen-bond acceptors (Lipinski definition) is 7. The maximum Gasteiger partial charge on any atom is 0.245 e. The van der Waals surface area contributed by atoms with E-state index >= 15 is 0 Å². The Morgan fingerprint density at radius 2 is 1.95 bits per heavy atom. The summed E-state index contributed by atoms with van der Waals surface area (Å²) in [6.07, 6.45) is 0.319. The van der Waals surface area contributed by atoms with Gasteiger partial charge in [-0.3, -0.25) is 19.3 Å². The fourth-order valence-corrected chi connectivity index (χ4v) is 7.57. The van der Waals surface area contributed by atoms with Crippen LogP contribution in [-0.4, -0.2) is 114 Å². The summed E-state index contributed by atoms with van der Waals surface area (Å²) in [7, 11) is 1.54. The Bertz CT molecular complexity index is 1010. The number of aliphatic hydroxyl groups excluding tert-OH is 1. The van der Waals surface area contributed by atoms with Gasteiger partial charge in [-0.1, -0.05) is 46.3 Å². The van der Waals surface area contributed by atoms with Crippen molar-refractivity contribution >= 4 is 33.7 Å². The molecule has 3 amide bonds. The van der Waals surface area contributed by atoms with Crippen molar-refractivity contribution in [2.75, 3.05) is 53.0 Å². The molecular formula is C26H35BrN4O6. The van der Waals surface area contributed by atoms with Crippen LogP contribution in [0, 0.1) is 11.8 Å². The molecule has 1 spiro atoms. The highest BCUT2D eigenvalue weighted by molar-refractivity contribution is 9.09. The smallest absolute Gasteiger partial charge is 0.245 e. The minimum Gasteiger partial charge on any atom is -0.394 e. The summed E-state index contributed by atoms with van der Waals surface area (Å²) in [5, 5.41) is 16.2. The molecule has 37 heavy (non-hydrogen) atoms. The molecule has 4 aliphatic rings. The first-order valence-electron chi connectivity index (χ1n) is 13.0. The predicted molar refractivity (Wildman–Crippen MR) is 138 cm³/mol. The molecule has 0 saturated carbocycles. The first-order valence-corrected chi connectivity index (χ1v) is 13.9. The monoisotopic (exact) mass is 578 g/mol. The van der Waals surface area contributed by atoms with Crippen molar-refractivity contribution in [2.24, 2.45) is 11.8 Å². The van der Waals surface area contributed by atoms with E-state index in [9.17, 15) is 19.5 Å². The average Bonchev–Trinajstić information content (AvgIpc) is 3.51. The van der Waals surface area contributed by atoms with Gasteiger partial charge in [0.1, 0.15) is 11.6 Å². The Morgan fingerprint density at radius 1 is 1.22 bits per heavy atom. The summed E-state index contributed by atoms with van der Waals surface area (Å²) in [4.78, 5) is 44.5. The molecule has 0 aliphatic carbocycles. The van der Waals surface area contributed by atoms with Crippen molar-refractivity contribution in [1.82, 2.24) is 20.4 Å². The van der Waals surface area contributed by atoms with Crippen LogP contribution in [-0.2, 0) is 30.3 Å². The Morgan fingerprint density at radius 3 is 2.62 bits per heavy atom. The van der Waals surface area contributed by atoms with E-state index in [0.29, 0.717) is 39.1 Å². The minimum atomic E-state index is -1.14. The van der Waals surface area contributed by atoms with Gasteiger partial charge in [0.2, 0.25) is 17.7 Å². The molecule has 0 aromatic heterocycles. The van der Waals surface area contributed by atoms with Crippen LogP contribution in [0.4, 0.5) is 0 Å². The summed E-state index contributed by atoms with van der Waals surface area (Å²) < 4.78 is 11.9. The largest absolute Gasteiger partial charge is 0.394 e. The van der Waals surface area contributed by atoms with Gasteiger partial charge >= 0.3 is 0 Å². The first-order chi connectivity index (χ1) is 17.9. The van der Waals surface area contributed by atoms with Crippen molar-refractivity contribution in [3.63, 3.8) is 0 Å². The van der Waals surface area contributed by atoms with Gasteiger partial charge in [0.05, 0.1) is 43.8 Å². The second-order valence-electron chi connectivity index (χ2n) is 10.3. The third kappa shape index (κ3) is 4.69. The number of carbonyl (C=O) groups excluding carboxylic acids is 3. The lowest BCUT2D eigenvalue weighted by molar-refractivity contribution is -0.145. The summed E-state index contributed by atoms with van der Waals surface area (Å²) in [5.41, 5.74) is -0.193. The summed E-state index contributed by atoms with van der Waals surface area (Å²) >= 11 is 3.66. The van der Waals surface area contributed by atoms with Crippen LogP contribution in [0.25, 0.3) is 0 Å². The molecule has 0 radical (unpaired) electrons. The Kier molecular flexibility index (Phi) is 7.88. The van der Waals surface area contributed by atoms with E-state index in [1.807, 2.05) is 30.3 Å². The standard InChI is InChI=1S/C26H35BrN4O6/c1-28-23(33)19-20-25(35)31(17(15-32)13-16-5-3-2-4-6-16)22(26(20)14-18(27)21(19)37-26)24(34)29-7-8-30-9-11-36-12-10-30/h2-6,17-22,32H,7-15H2,1H3,(H,28,33)(H,29,34)/t17-,18?,19+,20+,21+,22?,26?/m1/s1. The van der Waals surface area contributed by atoms with E-state index in [2.05, 4.69) is 31.5 Å². The number of hydrogen-bond donors (Lipinski definition) is 3. The van der Waals surface area contributed by atoms with Gasteiger partial charge in [-0.05, 0) is 18.4 Å². The quantitative estimate of drug-likeness (QED) is 0.339. The number of likely N-dealkylation sites (tertiary alicyclic amines) is 1. The minimum absolute atomic E-state index is 0.163. The molecule has 11 heteroatoms. The number of ether oxygens (including phenoxy) is 2. The zero-order valence-corrected chi connectivity index (χ0v) is 22.6. The van der Waals surface area contributed by atoms with Gasteiger partial charge in [-0.2, -0.15) is 0 Å². The summed E-state index contributed by atoms with van der Waals surface area (Å²) in [6, 6.07) is 8.00. The number of morpholine rings is 1. The average molecular weight is 579 g/mol. The van der Waals surface area contributed by atoms with E-state index < -0.39 is 35.6 Å². The SMILES string of the molecule is CNC(=O)[C@H]1[C@H]2C(=O)N([C@@H](CO)Cc3ccccc3)C(C(=O)NCCN3CCOCC3)C23CC(Br)[C@@H]1O3. The van der Waals surface area contributed by atoms with Gasteiger partial charge in [0.25, 0.3) is 0 Å². The second-order valence-corrected chi connectivity index (χ2v) is 11.5. The highest BCUT2D eigenvalue weighted by Gasteiger charge is 2.76.